The van der Waals surface area contributed by atoms with Gasteiger partial charge in [0.1, 0.15) is 26.7 Å². The second kappa shape index (κ2) is 7.10. The van der Waals surface area contributed by atoms with E-state index in [-0.39, 0.29) is 6.61 Å². The van der Waals surface area contributed by atoms with E-state index in [1.54, 1.807) is 7.85 Å². The summed E-state index contributed by atoms with van der Waals surface area (Å²) in [5.74, 6) is -2.32. The summed E-state index contributed by atoms with van der Waals surface area (Å²) < 4.78 is 52.0. The average molecular weight is 302 g/mol. The molecule has 0 bridgehead atoms. The molecule has 1 aliphatic heterocycles. The van der Waals surface area contributed by atoms with Crippen molar-refractivity contribution in [3.63, 3.8) is 0 Å². The van der Waals surface area contributed by atoms with Gasteiger partial charge < -0.3 is 24.0 Å². The van der Waals surface area contributed by atoms with E-state index >= 15 is 0 Å². The molecule has 10 heteroatoms. The Bertz CT molecular complexity index is 330. The molecule has 0 radical (unpaired) electrons. The van der Waals surface area contributed by atoms with Crippen molar-refractivity contribution in [3.05, 3.63) is 0 Å². The summed E-state index contributed by atoms with van der Waals surface area (Å²) in [6, 6.07) is -0.467. The van der Waals surface area contributed by atoms with Crippen molar-refractivity contribution < 1.29 is 37.3 Å². The topological polar surface area (TPSA) is 85.2 Å². The van der Waals surface area contributed by atoms with Crippen LogP contribution >= 0.6 is 7.60 Å². The third-order valence-electron chi connectivity index (χ3n) is 2.99. The normalized spacial score (nSPS) is 33.5. The van der Waals surface area contributed by atoms with Crippen molar-refractivity contribution in [1.29, 1.82) is 0 Å². The van der Waals surface area contributed by atoms with E-state index in [2.05, 4.69) is 0 Å². The molecule has 1 rings (SSSR count). The molecule has 1 fully saturated rings. The van der Waals surface area contributed by atoms with Crippen molar-refractivity contribution in [2.24, 2.45) is 0 Å². The number of methoxy groups -OCH3 is 1. The number of ether oxygens (including phenoxy) is 3. The minimum Gasteiger partial charge on any atom is -0.378 e. The predicted molar refractivity (Wildman–Crippen MR) is 65.3 cm³/mol. The largest absolute Gasteiger partial charge is 0.378 e. The van der Waals surface area contributed by atoms with Gasteiger partial charge in [0.15, 0.2) is 0 Å². The van der Waals surface area contributed by atoms with Crippen LogP contribution in [0, 0.1) is 0 Å². The summed E-state index contributed by atoms with van der Waals surface area (Å²) in [7, 11) is -1.80. The van der Waals surface area contributed by atoms with Gasteiger partial charge in [0, 0.05) is 13.5 Å². The summed E-state index contributed by atoms with van der Waals surface area (Å²) in [4.78, 5) is 17.5. The van der Waals surface area contributed by atoms with E-state index in [0.717, 1.165) is 0 Å². The van der Waals surface area contributed by atoms with Crippen molar-refractivity contribution in [2.75, 3.05) is 20.4 Å². The van der Waals surface area contributed by atoms with Gasteiger partial charge in [-0.25, -0.2) is 8.78 Å². The molecule has 0 aromatic rings. The second-order valence-corrected chi connectivity index (χ2v) is 6.10. The van der Waals surface area contributed by atoms with Crippen LogP contribution in [0.4, 0.5) is 8.78 Å². The molecular formula is C9H18BF2O6P. The van der Waals surface area contributed by atoms with Crippen LogP contribution in [-0.2, 0) is 18.8 Å². The van der Waals surface area contributed by atoms with Crippen molar-refractivity contribution >= 4 is 15.4 Å². The molecule has 1 aliphatic rings. The molecule has 0 saturated carbocycles. The lowest BCUT2D eigenvalue weighted by atomic mass is 9.92. The maximum Gasteiger partial charge on any atom is 0.359 e. The third-order valence-corrected chi connectivity index (χ3v) is 3.93. The Balaban J connectivity index is 2.67. The molecule has 1 heterocycles. The van der Waals surface area contributed by atoms with Gasteiger partial charge in [0.25, 0.3) is 0 Å². The van der Waals surface area contributed by atoms with Crippen molar-refractivity contribution in [3.8, 4) is 0 Å². The fourth-order valence-corrected chi connectivity index (χ4v) is 2.61. The first-order chi connectivity index (χ1) is 8.81. The SMILES string of the molecule is B[C@@H]1O[C@H](CC(F)P(=O)(O)O)[C@@H](OC)[C@H]1OCCF. The molecule has 5 atom stereocenters. The maximum absolute atomic E-state index is 13.4. The Morgan fingerprint density at radius 1 is 1.47 bits per heavy atom. The van der Waals surface area contributed by atoms with Crippen molar-refractivity contribution in [1.82, 2.24) is 0 Å². The lowest BCUT2D eigenvalue weighted by Gasteiger charge is -2.23. The van der Waals surface area contributed by atoms with E-state index < -0.39 is 50.9 Å². The van der Waals surface area contributed by atoms with Gasteiger partial charge >= 0.3 is 7.60 Å². The van der Waals surface area contributed by atoms with Crippen LogP contribution in [0.2, 0.25) is 0 Å². The van der Waals surface area contributed by atoms with Gasteiger partial charge in [0.2, 0.25) is 5.91 Å². The highest BCUT2D eigenvalue weighted by Crippen LogP contribution is 2.45. The Morgan fingerprint density at radius 3 is 2.58 bits per heavy atom. The third kappa shape index (κ3) is 4.48. The highest BCUT2D eigenvalue weighted by atomic mass is 31.2. The van der Waals surface area contributed by atoms with Crippen LogP contribution in [0.5, 0.6) is 0 Å². The molecule has 1 saturated heterocycles. The van der Waals surface area contributed by atoms with Gasteiger partial charge in [-0.2, -0.15) is 0 Å². The van der Waals surface area contributed by atoms with Crippen LogP contribution in [0.1, 0.15) is 6.42 Å². The molecule has 112 valence electrons. The number of alkyl halides is 2. The van der Waals surface area contributed by atoms with Gasteiger partial charge in [-0.05, 0) is 0 Å². The van der Waals surface area contributed by atoms with Gasteiger partial charge in [0.05, 0.1) is 18.7 Å². The molecule has 0 aromatic heterocycles. The van der Waals surface area contributed by atoms with Crippen LogP contribution in [0.15, 0.2) is 0 Å². The Hall–Kier alpha value is -0.0451. The number of hydrogen-bond acceptors (Lipinski definition) is 4. The second-order valence-electron chi connectivity index (χ2n) is 4.36. The summed E-state index contributed by atoms with van der Waals surface area (Å²) in [6.07, 6.45) is -2.61. The first kappa shape index (κ1) is 17.0. The zero-order valence-corrected chi connectivity index (χ0v) is 11.6. The minimum atomic E-state index is -4.81. The maximum atomic E-state index is 13.4. The monoisotopic (exact) mass is 302 g/mol. The summed E-state index contributed by atoms with van der Waals surface area (Å²) in [5, 5.41) is 0. The molecular weight excluding hydrogens is 284 g/mol. The Morgan fingerprint density at radius 2 is 2.11 bits per heavy atom. The smallest absolute Gasteiger partial charge is 0.359 e. The minimum absolute atomic E-state index is 0.136. The molecule has 0 aromatic carbocycles. The number of halogens is 2. The van der Waals surface area contributed by atoms with Crippen LogP contribution in [-0.4, -0.2) is 68.3 Å². The molecule has 1 unspecified atom stereocenters. The molecule has 19 heavy (non-hydrogen) atoms. The van der Waals surface area contributed by atoms with Gasteiger partial charge in [-0.15, -0.1) is 0 Å². The zero-order valence-electron chi connectivity index (χ0n) is 10.7. The lowest BCUT2D eigenvalue weighted by molar-refractivity contribution is -0.0481. The van der Waals surface area contributed by atoms with Gasteiger partial charge in [-0.1, -0.05) is 0 Å². The highest BCUT2D eigenvalue weighted by Gasteiger charge is 2.46. The van der Waals surface area contributed by atoms with E-state index in [9.17, 15) is 13.3 Å². The lowest BCUT2D eigenvalue weighted by Crippen LogP contribution is -2.38. The fraction of sp³-hybridized carbons (Fsp3) is 1.00. The number of rotatable bonds is 7. The Labute approximate surface area is 111 Å². The first-order valence-corrected chi connectivity index (χ1v) is 7.54. The zero-order chi connectivity index (χ0) is 14.6. The molecule has 0 amide bonds. The van der Waals surface area contributed by atoms with E-state index in [1.807, 2.05) is 0 Å². The molecule has 0 spiro atoms. The summed E-state index contributed by atoms with van der Waals surface area (Å²) >= 11 is 0. The summed E-state index contributed by atoms with van der Waals surface area (Å²) in [5.41, 5.74) is 0. The average Bonchev–Trinajstić information content (AvgIpc) is 2.60. The number of hydrogen-bond donors (Lipinski definition) is 2. The van der Waals surface area contributed by atoms with E-state index in [0.29, 0.717) is 0 Å². The molecule has 2 N–H and O–H groups in total. The summed E-state index contributed by atoms with van der Waals surface area (Å²) in [6.45, 7) is -0.805. The first-order valence-electron chi connectivity index (χ1n) is 5.86. The van der Waals surface area contributed by atoms with Crippen LogP contribution < -0.4 is 0 Å². The van der Waals surface area contributed by atoms with E-state index in [4.69, 9.17) is 24.0 Å². The predicted octanol–water partition coefficient (Wildman–Crippen LogP) is -0.423. The molecule has 0 aliphatic carbocycles. The van der Waals surface area contributed by atoms with Crippen LogP contribution in [0.3, 0.4) is 0 Å². The Kier molecular flexibility index (Phi) is 6.36. The fourth-order valence-electron chi connectivity index (χ4n) is 2.12. The quantitative estimate of drug-likeness (QED) is 0.491. The van der Waals surface area contributed by atoms with E-state index in [1.165, 1.54) is 7.11 Å². The molecule has 6 nitrogen and oxygen atoms in total. The van der Waals surface area contributed by atoms with Gasteiger partial charge in [-0.3, -0.25) is 4.57 Å². The highest BCUT2D eigenvalue weighted by molar-refractivity contribution is 7.52. The van der Waals surface area contributed by atoms with Crippen LogP contribution in [0.25, 0.3) is 0 Å². The van der Waals surface area contributed by atoms with Crippen molar-refractivity contribution in [2.45, 2.75) is 36.6 Å². The standard InChI is InChI=1S/C9H18BF2O6P/c1-16-7-5(4-6(12)19(13,14)15)18-9(10)8(7)17-3-2-11/h5-9H,2-4,10H2,1H3,(H2,13,14,15)/t5-,6?,7-,8-,9-/m1/s1.